The molecule has 79 heavy (non-hydrogen) atoms. The number of halogens is 2. The molecular weight excluding hydrogens is 1010 g/mol. The zero-order valence-electron chi connectivity index (χ0n) is 45.1. The number of nitrogens with one attached hydrogen (secondary N) is 4. The summed E-state index contributed by atoms with van der Waals surface area (Å²) < 4.78 is 34.2. The fourth-order valence-corrected chi connectivity index (χ4v) is 15.1. The second kappa shape index (κ2) is 21.4. The molecule has 12 rings (SSSR count). The van der Waals surface area contributed by atoms with Crippen molar-refractivity contribution < 1.29 is 38.2 Å². The number of carbonyl (C=O) groups is 4. The Morgan fingerprint density at radius 1 is 0.620 bits per heavy atom. The molecule has 16 nitrogen and oxygen atoms in total. The minimum atomic E-state index is -1.21. The summed E-state index contributed by atoms with van der Waals surface area (Å²) >= 11 is 0. The second-order valence-corrected chi connectivity index (χ2v) is 23.7. The van der Waals surface area contributed by atoms with Crippen molar-refractivity contribution in [3.63, 3.8) is 0 Å². The number of rotatable bonds is 13. The molecule has 6 aliphatic rings. The van der Waals surface area contributed by atoms with Crippen LogP contribution in [0.3, 0.4) is 0 Å². The van der Waals surface area contributed by atoms with Gasteiger partial charge in [-0.25, -0.2) is 28.3 Å². The summed E-state index contributed by atoms with van der Waals surface area (Å²) in [6, 6.07) is 22.7. The van der Waals surface area contributed by atoms with Crippen LogP contribution in [0.4, 0.5) is 29.7 Å². The molecule has 2 aromatic heterocycles. The van der Waals surface area contributed by atoms with Crippen molar-refractivity contribution in [2.75, 3.05) is 36.0 Å². The third kappa shape index (κ3) is 9.80. The van der Waals surface area contributed by atoms with Crippen molar-refractivity contribution in [1.29, 1.82) is 0 Å². The van der Waals surface area contributed by atoms with Gasteiger partial charge in [0.1, 0.15) is 29.4 Å². The van der Waals surface area contributed by atoms with E-state index in [1.54, 1.807) is 9.80 Å². The van der Waals surface area contributed by atoms with Crippen LogP contribution in [-0.2, 0) is 15.1 Å². The number of carboxylic acid groups (broad SMARTS) is 2. The number of amides is 4. The Labute approximate surface area is 458 Å². The first-order chi connectivity index (χ1) is 38.2. The fourth-order valence-electron chi connectivity index (χ4n) is 15.1. The molecule has 7 atom stereocenters. The maximum atomic E-state index is 17.1. The summed E-state index contributed by atoms with van der Waals surface area (Å²) in [6.45, 7) is 6.36. The van der Waals surface area contributed by atoms with Gasteiger partial charge in [-0.1, -0.05) is 75.1 Å². The van der Waals surface area contributed by atoms with Crippen LogP contribution in [0, 0.1) is 29.4 Å². The van der Waals surface area contributed by atoms with Gasteiger partial charge in [0.05, 0.1) is 45.7 Å². The number of H-pyrrole nitrogens is 2. The summed E-state index contributed by atoms with van der Waals surface area (Å²) in [7, 11) is 0. The van der Waals surface area contributed by atoms with Crippen LogP contribution in [0.15, 0.2) is 78.9 Å². The van der Waals surface area contributed by atoms with Gasteiger partial charge in [-0.3, -0.25) is 9.59 Å². The molecule has 6 N–H and O–H groups in total. The third-order valence-electron chi connectivity index (χ3n) is 19.2. The number of nitrogens with zero attached hydrogens (tertiary/aromatic N) is 6. The van der Waals surface area contributed by atoms with Gasteiger partial charge in [-0.15, -0.1) is 0 Å². The van der Waals surface area contributed by atoms with E-state index in [4.69, 9.17) is 9.97 Å². The molecule has 416 valence electrons. The Hall–Kier alpha value is -7.24. The summed E-state index contributed by atoms with van der Waals surface area (Å²) in [5.74, 6) is -0.255. The number of piperidine rings is 1. The van der Waals surface area contributed by atoms with E-state index in [0.29, 0.717) is 79.7 Å². The quantitative estimate of drug-likeness (QED) is 0.0646. The number of anilines is 2. The van der Waals surface area contributed by atoms with Crippen molar-refractivity contribution in [2.45, 2.75) is 152 Å². The van der Waals surface area contributed by atoms with Crippen LogP contribution in [0.2, 0.25) is 0 Å². The smallest absolute Gasteiger partial charge is 0.405 e. The lowest BCUT2D eigenvalue weighted by Crippen LogP contribution is -2.51. The standard InChI is InChI=1S/C61H72F2N10O6/c1-35-30-51(40-20-22-45-47(31-40)66-55(64-45)49-18-10-26-71(49)57(74)52(68-59(76)77)38-14-6-7-15-38)73(42-33-43(62)54(44(63)34-42)70-28-24-37(25-29-70)36-12-4-3-5-13-36)61(35,2)41-21-23-46-48(32-41)67-56(65-46)50-19-11-27-72(50)58(75)53(69-60(78)79)39-16-8-9-17-39/h3-5,12-13,20-23,31-35,37-39,49-53,68-69H,6-11,14-19,24-30H2,1-2H3,(H,64,66)(H,65,67)(H,76,77)(H,78,79)/t35?,49?,50?,51-,52?,53+,61+/m1/s1. The molecule has 18 heteroatoms. The highest BCUT2D eigenvalue weighted by atomic mass is 19.1. The first kappa shape index (κ1) is 52.5. The van der Waals surface area contributed by atoms with E-state index in [0.717, 1.165) is 99.2 Å². The average molecular weight is 1080 g/mol. The number of carbonyl (C=O) groups excluding carboxylic acids is 2. The third-order valence-corrected chi connectivity index (χ3v) is 19.2. The van der Waals surface area contributed by atoms with Crippen molar-refractivity contribution >= 4 is 57.4 Å². The first-order valence-corrected chi connectivity index (χ1v) is 28.9. The normalized spacial score (nSPS) is 25.0. The Bertz CT molecular complexity index is 3240. The minimum absolute atomic E-state index is 0.0148. The molecular formula is C61H72F2N10O6. The SMILES string of the molecule is CC1C[C@H](c2ccc3nc(C4CCCN4C(=O)C(NC(=O)O)C4CCCC4)[nH]c3c2)N(c2cc(F)c(N3CCC(c4ccccc4)CC3)c(F)c2)[C@]1(C)c1ccc2nc(C3CCCN3C(=O)[C@@H](NC(=O)O)C3CCCC3)[nH]c2c1. The zero-order chi connectivity index (χ0) is 54.7. The van der Waals surface area contributed by atoms with Gasteiger partial charge >= 0.3 is 12.2 Å². The molecule has 2 saturated carbocycles. The monoisotopic (exact) mass is 1080 g/mol. The fraction of sp³-hybridized carbons (Fsp3) is 0.508. The van der Waals surface area contributed by atoms with Gasteiger partial charge in [0.15, 0.2) is 11.6 Å². The molecule has 0 radical (unpaired) electrons. The predicted molar refractivity (Wildman–Crippen MR) is 297 cm³/mol. The highest BCUT2D eigenvalue weighted by Crippen LogP contribution is 2.55. The van der Waals surface area contributed by atoms with Crippen molar-refractivity contribution in [2.24, 2.45) is 17.8 Å². The second-order valence-electron chi connectivity index (χ2n) is 23.7. The lowest BCUT2D eigenvalue weighted by Gasteiger charge is -2.43. The molecule has 0 bridgehead atoms. The number of aromatic amines is 2. The maximum Gasteiger partial charge on any atom is 0.405 e. The Balaban J connectivity index is 0.880. The molecule has 4 saturated heterocycles. The maximum absolute atomic E-state index is 17.1. The van der Waals surface area contributed by atoms with Crippen LogP contribution in [-0.4, -0.2) is 102 Å². The van der Waals surface area contributed by atoms with Gasteiger partial charge in [-0.2, -0.15) is 0 Å². The number of aromatic nitrogens is 4. The highest BCUT2D eigenvalue weighted by molar-refractivity contribution is 5.87. The van der Waals surface area contributed by atoms with Crippen molar-refractivity contribution in [3.8, 4) is 0 Å². The zero-order valence-corrected chi connectivity index (χ0v) is 45.1. The number of hydrogen-bond donors (Lipinski definition) is 6. The summed E-state index contributed by atoms with van der Waals surface area (Å²) in [5, 5.41) is 24.6. The summed E-state index contributed by atoms with van der Waals surface area (Å²) in [5.41, 5.74) is 5.56. The summed E-state index contributed by atoms with van der Waals surface area (Å²) in [4.78, 5) is 77.2. The summed E-state index contributed by atoms with van der Waals surface area (Å²) in [6.07, 6.45) is 9.70. The molecule has 4 aliphatic heterocycles. The van der Waals surface area contributed by atoms with E-state index >= 15 is 8.78 Å². The topological polar surface area (TPSA) is 203 Å². The number of fused-ring (bicyclic) bond motifs is 2. The van der Waals surface area contributed by atoms with Crippen LogP contribution in [0.1, 0.15) is 163 Å². The van der Waals surface area contributed by atoms with Gasteiger partial charge in [0.2, 0.25) is 11.8 Å². The Morgan fingerprint density at radius 2 is 1.14 bits per heavy atom. The van der Waals surface area contributed by atoms with Crippen LogP contribution >= 0.6 is 0 Å². The molecule has 6 heterocycles. The average Bonchev–Trinajstić information content (AvgIpc) is 4.30. The lowest BCUT2D eigenvalue weighted by atomic mass is 9.81. The Morgan fingerprint density at radius 3 is 1.67 bits per heavy atom. The number of imidazole rings is 2. The minimum Gasteiger partial charge on any atom is -0.465 e. The molecule has 4 aromatic carbocycles. The molecule has 6 aromatic rings. The van der Waals surface area contributed by atoms with Crippen LogP contribution in [0.5, 0.6) is 0 Å². The molecule has 4 amide bonds. The van der Waals surface area contributed by atoms with Gasteiger partial charge in [-0.05, 0) is 154 Å². The molecule has 6 fully saturated rings. The highest BCUT2D eigenvalue weighted by Gasteiger charge is 2.51. The molecule has 2 aliphatic carbocycles. The van der Waals surface area contributed by atoms with E-state index in [-0.39, 0.29) is 53.4 Å². The lowest BCUT2D eigenvalue weighted by molar-refractivity contribution is -0.136. The Kier molecular flexibility index (Phi) is 14.2. The molecule has 0 spiro atoms. The first-order valence-electron chi connectivity index (χ1n) is 28.9. The number of likely N-dealkylation sites (tertiary alicyclic amines) is 2. The van der Waals surface area contributed by atoms with Crippen LogP contribution in [0.25, 0.3) is 22.1 Å². The van der Waals surface area contributed by atoms with E-state index in [1.807, 2.05) is 47.4 Å². The van der Waals surface area contributed by atoms with E-state index in [9.17, 15) is 29.4 Å². The van der Waals surface area contributed by atoms with Gasteiger partial charge < -0.3 is 50.4 Å². The number of benzene rings is 4. The number of hydrogen-bond acceptors (Lipinski definition) is 8. The van der Waals surface area contributed by atoms with Gasteiger partial charge in [0.25, 0.3) is 0 Å². The molecule has 4 unspecified atom stereocenters. The van der Waals surface area contributed by atoms with Crippen molar-refractivity contribution in [3.05, 3.63) is 119 Å². The van der Waals surface area contributed by atoms with Gasteiger partial charge in [0, 0.05) is 31.9 Å². The van der Waals surface area contributed by atoms with E-state index in [2.05, 4.69) is 63.6 Å². The van der Waals surface area contributed by atoms with E-state index < -0.39 is 41.4 Å². The van der Waals surface area contributed by atoms with Crippen molar-refractivity contribution in [1.82, 2.24) is 40.4 Å². The predicted octanol–water partition coefficient (Wildman–Crippen LogP) is 11.6. The van der Waals surface area contributed by atoms with E-state index in [1.165, 1.54) is 17.7 Å². The largest absolute Gasteiger partial charge is 0.465 e. The van der Waals surface area contributed by atoms with Crippen LogP contribution < -0.4 is 20.4 Å².